The van der Waals surface area contributed by atoms with Crippen molar-refractivity contribution in [3.63, 3.8) is 0 Å². The van der Waals surface area contributed by atoms with Crippen LogP contribution in [0.25, 0.3) is 0 Å². The molecule has 29 heavy (non-hydrogen) atoms. The van der Waals surface area contributed by atoms with Crippen LogP contribution >= 0.6 is 0 Å². The van der Waals surface area contributed by atoms with Gasteiger partial charge < -0.3 is 5.11 Å². The number of aromatic hydroxyl groups is 1. The normalized spacial score (nSPS) is 16.1. The van der Waals surface area contributed by atoms with E-state index in [1.54, 1.807) is 30.3 Å². The van der Waals surface area contributed by atoms with Crippen LogP contribution < -0.4 is 5.01 Å². The zero-order chi connectivity index (χ0) is 20.5. The maximum absolute atomic E-state index is 11.0. The van der Waals surface area contributed by atoms with Gasteiger partial charge in [0.1, 0.15) is 5.75 Å². The predicted molar refractivity (Wildman–Crippen MR) is 110 cm³/mol. The zero-order valence-electron chi connectivity index (χ0n) is 16.2. The summed E-state index contributed by atoms with van der Waals surface area (Å²) in [5.74, 6) is 0.186. The molecule has 8 nitrogen and oxygen atoms in total. The number of hydrogen-bond acceptors (Lipinski definition) is 6. The maximum atomic E-state index is 11.0. The Morgan fingerprint density at radius 3 is 2.62 bits per heavy atom. The number of benzene rings is 2. The molecule has 1 aliphatic rings. The number of nitro groups is 1. The van der Waals surface area contributed by atoms with Gasteiger partial charge >= 0.3 is 0 Å². The third kappa shape index (κ3) is 3.44. The molecule has 0 amide bonds. The number of aromatic nitrogens is 2. The fourth-order valence-electron chi connectivity index (χ4n) is 3.68. The summed E-state index contributed by atoms with van der Waals surface area (Å²) in [5.41, 5.74) is 4.62. The number of nitro benzene ring substituents is 1. The lowest BCUT2D eigenvalue weighted by molar-refractivity contribution is -0.384. The van der Waals surface area contributed by atoms with Crippen LogP contribution in [0.1, 0.15) is 36.2 Å². The van der Waals surface area contributed by atoms with Crippen molar-refractivity contribution in [2.24, 2.45) is 5.10 Å². The van der Waals surface area contributed by atoms with Gasteiger partial charge in [-0.05, 0) is 38.1 Å². The van der Waals surface area contributed by atoms with Gasteiger partial charge in [-0.3, -0.25) is 19.8 Å². The summed E-state index contributed by atoms with van der Waals surface area (Å²) in [4.78, 5) is 10.6. The summed E-state index contributed by atoms with van der Waals surface area (Å²) in [6, 6.07) is 13.3. The number of hydrogen-bond donors (Lipinski definition) is 1. The third-order valence-electron chi connectivity index (χ3n) is 5.21. The van der Waals surface area contributed by atoms with E-state index in [-0.39, 0.29) is 17.5 Å². The molecule has 2 aromatic carbocycles. The van der Waals surface area contributed by atoms with Crippen molar-refractivity contribution in [3.05, 3.63) is 81.7 Å². The van der Waals surface area contributed by atoms with E-state index in [0.29, 0.717) is 6.42 Å². The van der Waals surface area contributed by atoms with Gasteiger partial charge in [-0.1, -0.05) is 12.1 Å². The van der Waals surface area contributed by atoms with Gasteiger partial charge in [-0.15, -0.1) is 0 Å². The van der Waals surface area contributed by atoms with Crippen LogP contribution in [-0.2, 0) is 6.54 Å². The SMILES string of the molecule is CCn1ncc([C@@H]2CC(c3cccc(O)c3)=NN2c2ccc([N+](=O)[O-])cc2)c1C. The Labute approximate surface area is 167 Å². The number of rotatable bonds is 5. The lowest BCUT2D eigenvalue weighted by Gasteiger charge is -2.23. The molecule has 3 aromatic rings. The molecule has 8 heteroatoms. The van der Waals surface area contributed by atoms with E-state index in [2.05, 4.69) is 5.10 Å². The van der Waals surface area contributed by atoms with Crippen LogP contribution in [0.2, 0.25) is 0 Å². The molecule has 4 rings (SSSR count). The summed E-state index contributed by atoms with van der Waals surface area (Å²) in [5, 5.41) is 32.0. The number of phenols is 1. The maximum Gasteiger partial charge on any atom is 0.269 e. The first-order valence-electron chi connectivity index (χ1n) is 9.40. The number of aryl methyl sites for hydroxylation is 1. The molecule has 2 heterocycles. The number of nitrogens with zero attached hydrogens (tertiary/aromatic N) is 5. The monoisotopic (exact) mass is 391 g/mol. The molecule has 0 saturated carbocycles. The van der Waals surface area contributed by atoms with Crippen LogP contribution in [0.5, 0.6) is 5.75 Å². The quantitative estimate of drug-likeness (QED) is 0.520. The van der Waals surface area contributed by atoms with Crippen LogP contribution in [0.4, 0.5) is 11.4 Å². The topological polar surface area (TPSA) is 96.8 Å². The first-order valence-corrected chi connectivity index (χ1v) is 9.40. The highest BCUT2D eigenvalue weighted by Crippen LogP contribution is 2.38. The molecule has 0 unspecified atom stereocenters. The molecule has 0 bridgehead atoms. The molecule has 148 valence electrons. The Bertz CT molecular complexity index is 1090. The summed E-state index contributed by atoms with van der Waals surface area (Å²) >= 11 is 0. The number of non-ortho nitro benzene ring substituents is 1. The standard InChI is InChI=1S/C21H21N5O3/c1-3-24-14(2)19(13-22-24)21-12-20(15-5-4-6-18(27)11-15)23-25(21)16-7-9-17(10-8-16)26(28)29/h4-11,13,21,27H,3,12H2,1-2H3/t21-/m0/s1. The minimum absolute atomic E-state index is 0.0386. The second kappa shape index (κ2) is 7.38. The van der Waals surface area contributed by atoms with Crippen molar-refractivity contribution in [1.29, 1.82) is 0 Å². The van der Waals surface area contributed by atoms with Crippen LogP contribution in [0.3, 0.4) is 0 Å². The highest BCUT2D eigenvalue weighted by Gasteiger charge is 2.32. The molecule has 0 radical (unpaired) electrons. The highest BCUT2D eigenvalue weighted by molar-refractivity contribution is 6.03. The molecule has 0 fully saturated rings. The number of hydrazone groups is 1. The van der Waals surface area contributed by atoms with E-state index in [9.17, 15) is 15.2 Å². The van der Waals surface area contributed by atoms with Crippen LogP contribution in [0.15, 0.2) is 59.8 Å². The molecule has 1 atom stereocenters. The summed E-state index contributed by atoms with van der Waals surface area (Å²) in [6.07, 6.45) is 2.50. The van der Waals surface area contributed by atoms with E-state index in [0.717, 1.165) is 34.8 Å². The highest BCUT2D eigenvalue weighted by atomic mass is 16.6. The van der Waals surface area contributed by atoms with Gasteiger partial charge in [0.05, 0.1) is 28.6 Å². The zero-order valence-corrected chi connectivity index (χ0v) is 16.2. The minimum Gasteiger partial charge on any atom is -0.508 e. The Morgan fingerprint density at radius 2 is 2.00 bits per heavy atom. The second-order valence-corrected chi connectivity index (χ2v) is 6.94. The van der Waals surface area contributed by atoms with E-state index >= 15 is 0 Å². The largest absolute Gasteiger partial charge is 0.508 e. The van der Waals surface area contributed by atoms with E-state index in [1.807, 2.05) is 35.8 Å². The Morgan fingerprint density at radius 1 is 1.24 bits per heavy atom. The fourth-order valence-corrected chi connectivity index (χ4v) is 3.68. The molecule has 0 saturated heterocycles. The van der Waals surface area contributed by atoms with E-state index in [4.69, 9.17) is 5.10 Å². The number of phenolic OH excluding ortho intramolecular Hbond substituents is 1. The minimum atomic E-state index is -0.415. The lowest BCUT2D eigenvalue weighted by atomic mass is 9.98. The van der Waals surface area contributed by atoms with Crippen molar-refractivity contribution in [2.75, 3.05) is 5.01 Å². The molecule has 1 N–H and O–H groups in total. The van der Waals surface area contributed by atoms with Crippen LogP contribution in [0, 0.1) is 17.0 Å². The predicted octanol–water partition coefficient (Wildman–Crippen LogP) is 4.18. The van der Waals surface area contributed by atoms with Gasteiger partial charge in [0.2, 0.25) is 0 Å². The first-order chi connectivity index (χ1) is 14.0. The fraction of sp³-hybridized carbons (Fsp3) is 0.238. The van der Waals surface area contributed by atoms with E-state index in [1.165, 1.54) is 12.1 Å². The Kier molecular flexibility index (Phi) is 4.75. The van der Waals surface area contributed by atoms with Crippen molar-refractivity contribution >= 4 is 17.1 Å². The summed E-state index contributed by atoms with van der Waals surface area (Å²) < 4.78 is 1.94. The van der Waals surface area contributed by atoms with E-state index < -0.39 is 4.92 Å². The molecule has 1 aliphatic heterocycles. The molecular weight excluding hydrogens is 370 g/mol. The molecular formula is C21H21N5O3. The van der Waals surface area contributed by atoms with Crippen molar-refractivity contribution in [2.45, 2.75) is 32.9 Å². The third-order valence-corrected chi connectivity index (χ3v) is 5.21. The smallest absolute Gasteiger partial charge is 0.269 e. The van der Waals surface area contributed by atoms with Gasteiger partial charge in [0.25, 0.3) is 5.69 Å². The Balaban J connectivity index is 1.77. The average molecular weight is 391 g/mol. The summed E-state index contributed by atoms with van der Waals surface area (Å²) in [7, 11) is 0. The molecule has 0 spiro atoms. The van der Waals surface area contributed by atoms with Crippen LogP contribution in [-0.4, -0.2) is 25.5 Å². The first kappa shape index (κ1) is 18.7. The van der Waals surface area contributed by atoms with Gasteiger partial charge in [-0.25, -0.2) is 0 Å². The Hall–Kier alpha value is -3.68. The van der Waals surface area contributed by atoms with Gasteiger partial charge in [0, 0.05) is 41.9 Å². The summed E-state index contributed by atoms with van der Waals surface area (Å²) in [6.45, 7) is 4.85. The van der Waals surface area contributed by atoms with Gasteiger partial charge in [0.15, 0.2) is 0 Å². The van der Waals surface area contributed by atoms with Crippen molar-refractivity contribution in [3.8, 4) is 5.75 Å². The molecule has 0 aliphatic carbocycles. The molecule has 1 aromatic heterocycles. The second-order valence-electron chi connectivity index (χ2n) is 6.94. The lowest BCUT2D eigenvalue weighted by Crippen LogP contribution is -2.19. The van der Waals surface area contributed by atoms with Crippen molar-refractivity contribution in [1.82, 2.24) is 9.78 Å². The number of anilines is 1. The average Bonchev–Trinajstić information content (AvgIpc) is 3.31. The van der Waals surface area contributed by atoms with Crippen molar-refractivity contribution < 1.29 is 10.0 Å². The van der Waals surface area contributed by atoms with Gasteiger partial charge in [-0.2, -0.15) is 10.2 Å².